The van der Waals surface area contributed by atoms with Gasteiger partial charge in [-0.05, 0) is 29.0 Å². The molecule has 0 atom stereocenters. The Morgan fingerprint density at radius 3 is 2.05 bits per heavy atom. The van der Waals surface area contributed by atoms with E-state index in [1.807, 2.05) is 18.3 Å². The molecule has 0 unspecified atom stereocenters. The highest BCUT2D eigenvalue weighted by molar-refractivity contribution is 5.12. The second kappa shape index (κ2) is 7.52. The zero-order chi connectivity index (χ0) is 14.3. The van der Waals surface area contributed by atoms with Crippen molar-refractivity contribution in [2.24, 2.45) is 0 Å². The fraction of sp³-hybridized carbons (Fsp3) is 0.375. The van der Waals surface area contributed by atoms with Crippen LogP contribution in [-0.2, 0) is 0 Å². The van der Waals surface area contributed by atoms with Gasteiger partial charge in [0.1, 0.15) is 0 Å². The Bertz CT molecular complexity index is 509. The van der Waals surface area contributed by atoms with Gasteiger partial charge in [0.25, 0.3) is 0 Å². The minimum absolute atomic E-state index is 0.0376. The molecule has 3 nitrogen and oxygen atoms in total. The second-order valence-corrected chi connectivity index (χ2v) is 5.08. The highest BCUT2D eigenvalue weighted by atomic mass is 16.1. The monoisotopic (exact) mass is 258 g/mol. The molecule has 0 amide bonds. The molecule has 0 aromatic carbocycles. The van der Waals surface area contributed by atoms with Gasteiger partial charge in [0.05, 0.1) is 0 Å². The van der Waals surface area contributed by atoms with Crippen molar-refractivity contribution in [3.05, 3.63) is 64.3 Å². The first-order valence-electron chi connectivity index (χ1n) is 6.59. The molecule has 2 aromatic rings. The number of nitrogens with zero attached hydrogens (tertiary/aromatic N) is 1. The Labute approximate surface area is 114 Å². The van der Waals surface area contributed by atoms with Crippen LogP contribution < -0.4 is 5.56 Å². The van der Waals surface area contributed by atoms with Crippen molar-refractivity contribution < 1.29 is 0 Å². The minimum Gasteiger partial charge on any atom is -0.329 e. The maximum Gasteiger partial charge on any atom is 0.247 e. The molecule has 0 saturated carbocycles. The van der Waals surface area contributed by atoms with Crippen molar-refractivity contribution in [1.29, 1.82) is 0 Å². The van der Waals surface area contributed by atoms with E-state index in [4.69, 9.17) is 0 Å². The molecule has 0 bridgehead atoms. The van der Waals surface area contributed by atoms with Crippen molar-refractivity contribution in [1.82, 2.24) is 9.97 Å². The molecule has 0 fully saturated rings. The van der Waals surface area contributed by atoms with Gasteiger partial charge in [0, 0.05) is 24.7 Å². The molecule has 2 aromatic heterocycles. The van der Waals surface area contributed by atoms with E-state index in [0.717, 1.165) is 0 Å². The Hall–Kier alpha value is -1.90. The molecule has 19 heavy (non-hydrogen) atoms. The number of H-pyrrole nitrogens is 1. The Kier molecular flexibility index (Phi) is 6.00. The smallest absolute Gasteiger partial charge is 0.247 e. The Morgan fingerprint density at radius 1 is 1.00 bits per heavy atom. The largest absolute Gasteiger partial charge is 0.329 e. The van der Waals surface area contributed by atoms with Crippen LogP contribution >= 0.6 is 0 Å². The number of rotatable bonds is 2. The SMILES string of the molecule is CC(C)c1ccc(=O)[nH]c1.CC(C)c1cccnc1. The van der Waals surface area contributed by atoms with Crippen molar-refractivity contribution in [2.75, 3.05) is 0 Å². The molecule has 0 aliphatic rings. The average molecular weight is 258 g/mol. The fourth-order valence-electron chi connectivity index (χ4n) is 1.50. The molecule has 2 heterocycles. The summed E-state index contributed by atoms with van der Waals surface area (Å²) in [7, 11) is 0. The molecule has 3 heteroatoms. The van der Waals surface area contributed by atoms with Gasteiger partial charge in [-0.3, -0.25) is 9.78 Å². The molecular weight excluding hydrogens is 236 g/mol. The van der Waals surface area contributed by atoms with Gasteiger partial charge in [-0.15, -0.1) is 0 Å². The van der Waals surface area contributed by atoms with E-state index in [0.29, 0.717) is 11.8 Å². The number of pyridine rings is 2. The molecule has 0 aliphatic carbocycles. The van der Waals surface area contributed by atoms with Gasteiger partial charge in [-0.25, -0.2) is 0 Å². The molecular formula is C16H22N2O. The van der Waals surface area contributed by atoms with E-state index in [2.05, 4.69) is 43.7 Å². The normalized spacial score (nSPS) is 10.2. The summed E-state index contributed by atoms with van der Waals surface area (Å²) in [6.07, 6.45) is 5.46. The van der Waals surface area contributed by atoms with E-state index in [1.165, 1.54) is 11.1 Å². The van der Waals surface area contributed by atoms with Crippen LogP contribution in [0.2, 0.25) is 0 Å². The third kappa shape index (κ3) is 5.51. The molecule has 1 N–H and O–H groups in total. The predicted molar refractivity (Wildman–Crippen MR) is 79.5 cm³/mol. The first-order valence-corrected chi connectivity index (χ1v) is 6.59. The molecule has 0 saturated heterocycles. The van der Waals surface area contributed by atoms with Crippen molar-refractivity contribution in [3.63, 3.8) is 0 Å². The van der Waals surface area contributed by atoms with Gasteiger partial charge in [-0.1, -0.05) is 39.8 Å². The topological polar surface area (TPSA) is 45.8 Å². The first-order chi connectivity index (χ1) is 9.00. The summed E-state index contributed by atoms with van der Waals surface area (Å²) < 4.78 is 0. The van der Waals surface area contributed by atoms with Crippen LogP contribution in [0.15, 0.2) is 47.7 Å². The Balaban J connectivity index is 0.000000191. The molecule has 102 valence electrons. The zero-order valence-corrected chi connectivity index (χ0v) is 12.1. The number of nitrogens with one attached hydrogen (secondary N) is 1. The van der Waals surface area contributed by atoms with Crippen LogP contribution in [0, 0.1) is 0 Å². The summed E-state index contributed by atoms with van der Waals surface area (Å²) in [5.41, 5.74) is 2.43. The average Bonchev–Trinajstić information content (AvgIpc) is 2.41. The number of aromatic amines is 1. The number of hydrogen-bond acceptors (Lipinski definition) is 2. The highest BCUT2D eigenvalue weighted by Crippen LogP contribution is 2.10. The lowest BCUT2D eigenvalue weighted by molar-refractivity contribution is 0.855. The molecule has 0 spiro atoms. The summed E-state index contributed by atoms with van der Waals surface area (Å²) in [5, 5.41) is 0. The number of aromatic nitrogens is 2. The second-order valence-electron chi connectivity index (χ2n) is 5.08. The van der Waals surface area contributed by atoms with Crippen LogP contribution in [0.4, 0.5) is 0 Å². The molecule has 2 rings (SSSR count). The van der Waals surface area contributed by atoms with Crippen molar-refractivity contribution in [2.45, 2.75) is 39.5 Å². The minimum atomic E-state index is -0.0376. The zero-order valence-electron chi connectivity index (χ0n) is 12.1. The lowest BCUT2D eigenvalue weighted by Gasteiger charge is -2.01. The van der Waals surface area contributed by atoms with Gasteiger partial charge >= 0.3 is 0 Å². The summed E-state index contributed by atoms with van der Waals surface area (Å²) >= 11 is 0. The van der Waals surface area contributed by atoms with Gasteiger partial charge in [-0.2, -0.15) is 0 Å². The van der Waals surface area contributed by atoms with Crippen LogP contribution in [0.3, 0.4) is 0 Å². The van der Waals surface area contributed by atoms with Crippen molar-refractivity contribution in [3.8, 4) is 0 Å². The van der Waals surface area contributed by atoms with Gasteiger partial charge < -0.3 is 4.98 Å². The lowest BCUT2D eigenvalue weighted by atomic mass is 10.1. The van der Waals surface area contributed by atoms with Crippen LogP contribution in [0.25, 0.3) is 0 Å². The Morgan fingerprint density at radius 2 is 1.68 bits per heavy atom. The first kappa shape index (κ1) is 15.2. The lowest BCUT2D eigenvalue weighted by Crippen LogP contribution is -2.03. The van der Waals surface area contributed by atoms with E-state index in [9.17, 15) is 4.79 Å². The maximum absolute atomic E-state index is 10.6. The quantitative estimate of drug-likeness (QED) is 0.892. The fourth-order valence-corrected chi connectivity index (χ4v) is 1.50. The third-order valence-corrected chi connectivity index (χ3v) is 2.83. The maximum atomic E-state index is 10.6. The molecule has 0 radical (unpaired) electrons. The highest BCUT2D eigenvalue weighted by Gasteiger charge is 1.96. The van der Waals surface area contributed by atoms with Gasteiger partial charge in [0.15, 0.2) is 0 Å². The summed E-state index contributed by atoms with van der Waals surface area (Å²) in [6, 6.07) is 7.46. The summed E-state index contributed by atoms with van der Waals surface area (Å²) in [5.74, 6) is 1.08. The van der Waals surface area contributed by atoms with Crippen molar-refractivity contribution >= 4 is 0 Å². The van der Waals surface area contributed by atoms with E-state index < -0.39 is 0 Å². The van der Waals surface area contributed by atoms with E-state index in [1.54, 1.807) is 18.5 Å². The number of hydrogen-bond donors (Lipinski definition) is 1. The van der Waals surface area contributed by atoms with E-state index >= 15 is 0 Å². The summed E-state index contributed by atoms with van der Waals surface area (Å²) in [6.45, 7) is 8.51. The van der Waals surface area contributed by atoms with Crippen LogP contribution in [0.5, 0.6) is 0 Å². The standard InChI is InChI=1S/C8H11NO.C8H11N/c1-6(2)7-3-4-8(10)9-5-7;1-7(2)8-4-3-5-9-6-8/h3-6H,1-2H3,(H,9,10);3-7H,1-2H3. The third-order valence-electron chi connectivity index (χ3n) is 2.83. The van der Waals surface area contributed by atoms with Gasteiger partial charge in [0.2, 0.25) is 5.56 Å². The molecule has 0 aliphatic heterocycles. The van der Waals surface area contributed by atoms with Crippen LogP contribution in [0.1, 0.15) is 50.7 Å². The summed E-state index contributed by atoms with van der Waals surface area (Å²) in [4.78, 5) is 17.2. The predicted octanol–water partition coefficient (Wildman–Crippen LogP) is 3.70. The van der Waals surface area contributed by atoms with E-state index in [-0.39, 0.29) is 5.56 Å². The van der Waals surface area contributed by atoms with Crippen LogP contribution in [-0.4, -0.2) is 9.97 Å².